The highest BCUT2D eigenvalue weighted by Crippen LogP contribution is 2.22. The Kier molecular flexibility index (Phi) is 5.90. The maximum absolute atomic E-state index is 13.5. The van der Waals surface area contributed by atoms with Gasteiger partial charge in [0.1, 0.15) is 5.82 Å². The normalized spacial score (nSPS) is 11.9. The van der Waals surface area contributed by atoms with Crippen molar-refractivity contribution in [1.29, 1.82) is 0 Å². The van der Waals surface area contributed by atoms with E-state index in [4.69, 9.17) is 11.6 Å². The van der Waals surface area contributed by atoms with E-state index in [-0.39, 0.29) is 17.0 Å². The van der Waals surface area contributed by atoms with Crippen LogP contribution in [0.4, 0.5) is 0 Å². The molecule has 0 aliphatic rings. The third kappa shape index (κ3) is 4.07. The minimum atomic E-state index is -3.85. The largest absolute Gasteiger partial charge is 0.268 e. The van der Waals surface area contributed by atoms with E-state index in [0.717, 1.165) is 11.1 Å². The molecule has 0 spiro atoms. The number of hydrogen-bond acceptors (Lipinski definition) is 4. The molecule has 6 nitrogen and oxygen atoms in total. The number of aryl methyl sites for hydroxylation is 2. The van der Waals surface area contributed by atoms with Crippen molar-refractivity contribution in [2.45, 2.75) is 25.3 Å². The first kappa shape index (κ1) is 22.2. The van der Waals surface area contributed by atoms with E-state index in [1.165, 1.54) is 28.1 Å². The molecule has 0 aliphatic carbocycles. The molecule has 0 radical (unpaired) electrons. The molecule has 1 heterocycles. The van der Waals surface area contributed by atoms with Crippen LogP contribution in [0.15, 0.2) is 76.4 Å². The van der Waals surface area contributed by atoms with E-state index in [2.05, 4.69) is 4.98 Å². The van der Waals surface area contributed by atoms with Crippen molar-refractivity contribution in [2.75, 3.05) is 7.05 Å². The molecule has 0 unspecified atom stereocenters. The first-order chi connectivity index (χ1) is 15.2. The molecule has 0 saturated heterocycles. The molecule has 0 amide bonds. The Bertz CT molecular complexity index is 1500. The van der Waals surface area contributed by atoms with Gasteiger partial charge < -0.3 is 0 Å². The van der Waals surface area contributed by atoms with E-state index in [9.17, 15) is 13.2 Å². The van der Waals surface area contributed by atoms with Crippen LogP contribution in [0.25, 0.3) is 16.6 Å². The Balaban J connectivity index is 1.89. The van der Waals surface area contributed by atoms with E-state index in [1.807, 2.05) is 32.0 Å². The van der Waals surface area contributed by atoms with Crippen molar-refractivity contribution >= 4 is 32.5 Å². The predicted octanol–water partition coefficient (Wildman–Crippen LogP) is 4.48. The fourth-order valence-electron chi connectivity index (χ4n) is 3.68. The number of rotatable bonds is 5. The number of benzene rings is 3. The van der Waals surface area contributed by atoms with E-state index < -0.39 is 10.0 Å². The number of nitrogens with zero attached hydrogens (tertiary/aromatic N) is 3. The number of para-hydroxylation sites is 1. The summed E-state index contributed by atoms with van der Waals surface area (Å²) in [5.74, 6) is 0.328. The quantitative estimate of drug-likeness (QED) is 0.434. The molecule has 4 aromatic rings. The molecule has 0 atom stereocenters. The molecule has 164 valence electrons. The number of hydrogen-bond donors (Lipinski definition) is 0. The molecule has 0 fully saturated rings. The zero-order valence-electron chi connectivity index (χ0n) is 17.9. The second-order valence-electron chi connectivity index (χ2n) is 7.69. The van der Waals surface area contributed by atoms with Gasteiger partial charge >= 0.3 is 0 Å². The van der Waals surface area contributed by atoms with E-state index in [1.54, 1.807) is 36.4 Å². The zero-order chi connectivity index (χ0) is 23.0. The van der Waals surface area contributed by atoms with Crippen molar-refractivity contribution in [1.82, 2.24) is 13.9 Å². The van der Waals surface area contributed by atoms with Crippen LogP contribution < -0.4 is 5.56 Å². The van der Waals surface area contributed by atoms with Gasteiger partial charge in [-0.15, -0.1) is 0 Å². The highest BCUT2D eigenvalue weighted by molar-refractivity contribution is 7.89. The average molecular weight is 468 g/mol. The minimum absolute atomic E-state index is 0.0775. The van der Waals surface area contributed by atoms with Crippen molar-refractivity contribution in [3.63, 3.8) is 0 Å². The lowest BCUT2D eigenvalue weighted by atomic mass is 10.1. The Morgan fingerprint density at radius 3 is 2.47 bits per heavy atom. The summed E-state index contributed by atoms with van der Waals surface area (Å²) in [6, 6.07) is 18.9. The molecule has 1 aromatic heterocycles. The van der Waals surface area contributed by atoms with Crippen molar-refractivity contribution in [3.8, 4) is 5.69 Å². The number of aromatic nitrogens is 2. The summed E-state index contributed by atoms with van der Waals surface area (Å²) in [5, 5.41) is 0.798. The van der Waals surface area contributed by atoms with Crippen LogP contribution in [0, 0.1) is 13.8 Å². The van der Waals surface area contributed by atoms with Gasteiger partial charge in [0, 0.05) is 12.1 Å². The Morgan fingerprint density at radius 2 is 1.75 bits per heavy atom. The van der Waals surface area contributed by atoms with Crippen molar-refractivity contribution in [3.05, 3.63) is 99.1 Å². The molecule has 3 aromatic carbocycles. The summed E-state index contributed by atoms with van der Waals surface area (Å²) in [4.78, 5) is 18.2. The summed E-state index contributed by atoms with van der Waals surface area (Å²) < 4.78 is 29.0. The summed E-state index contributed by atoms with van der Waals surface area (Å²) in [5.41, 5.74) is 2.90. The van der Waals surface area contributed by atoms with Gasteiger partial charge in [0.15, 0.2) is 0 Å². The van der Waals surface area contributed by atoms with Crippen molar-refractivity contribution < 1.29 is 8.42 Å². The van der Waals surface area contributed by atoms with Gasteiger partial charge in [0.25, 0.3) is 5.56 Å². The van der Waals surface area contributed by atoms with Gasteiger partial charge in [-0.3, -0.25) is 9.36 Å². The van der Waals surface area contributed by atoms with Crippen LogP contribution >= 0.6 is 11.6 Å². The molecule has 0 bridgehead atoms. The molecule has 0 saturated carbocycles. The molecule has 0 aliphatic heterocycles. The standard InChI is InChI=1S/C24H22ClN3O3S/c1-16-11-12-22(17(2)13-16)28-23(26-21-10-5-4-9-20(21)24(28)29)15-27(3)32(30,31)19-8-6-7-18(25)14-19/h4-14H,15H2,1-3H3. The average Bonchev–Trinajstić information content (AvgIpc) is 2.75. The smallest absolute Gasteiger partial charge is 0.266 e. The topological polar surface area (TPSA) is 72.3 Å². The fraction of sp³-hybridized carbons (Fsp3) is 0.167. The van der Waals surface area contributed by atoms with Gasteiger partial charge in [-0.05, 0) is 55.8 Å². The number of fused-ring (bicyclic) bond motifs is 1. The SMILES string of the molecule is Cc1ccc(-n2c(CN(C)S(=O)(=O)c3cccc(Cl)c3)nc3ccccc3c2=O)c(C)c1. The van der Waals surface area contributed by atoms with Crippen LogP contribution in [0.2, 0.25) is 5.02 Å². The summed E-state index contributed by atoms with van der Waals surface area (Å²) in [6.07, 6.45) is 0. The van der Waals surface area contributed by atoms with Crippen LogP contribution in [0.5, 0.6) is 0 Å². The number of halogens is 1. The van der Waals surface area contributed by atoms with Crippen LogP contribution in [-0.4, -0.2) is 29.3 Å². The molecule has 8 heteroatoms. The van der Waals surface area contributed by atoms with Crippen molar-refractivity contribution in [2.24, 2.45) is 0 Å². The van der Waals surface area contributed by atoms with Crippen LogP contribution in [0.3, 0.4) is 0 Å². The lowest BCUT2D eigenvalue weighted by molar-refractivity contribution is 0.452. The maximum atomic E-state index is 13.5. The molecule has 4 rings (SSSR count). The van der Waals surface area contributed by atoms with Crippen LogP contribution in [-0.2, 0) is 16.6 Å². The Labute approximate surface area is 191 Å². The summed E-state index contributed by atoms with van der Waals surface area (Å²) in [6.45, 7) is 3.80. The summed E-state index contributed by atoms with van der Waals surface area (Å²) >= 11 is 6.00. The number of sulfonamides is 1. The van der Waals surface area contributed by atoms with Gasteiger partial charge in [0.2, 0.25) is 10.0 Å². The van der Waals surface area contributed by atoms with Gasteiger partial charge in [-0.1, -0.05) is 47.5 Å². The third-order valence-electron chi connectivity index (χ3n) is 5.31. The first-order valence-electron chi connectivity index (χ1n) is 9.98. The minimum Gasteiger partial charge on any atom is -0.268 e. The monoisotopic (exact) mass is 467 g/mol. The Morgan fingerprint density at radius 1 is 1.00 bits per heavy atom. The zero-order valence-corrected chi connectivity index (χ0v) is 19.5. The maximum Gasteiger partial charge on any atom is 0.266 e. The van der Waals surface area contributed by atoms with Crippen LogP contribution in [0.1, 0.15) is 17.0 Å². The van der Waals surface area contributed by atoms with Gasteiger partial charge in [-0.2, -0.15) is 4.31 Å². The van der Waals surface area contributed by atoms with E-state index >= 15 is 0 Å². The molecule has 32 heavy (non-hydrogen) atoms. The second-order valence-corrected chi connectivity index (χ2v) is 10.2. The molecular formula is C24H22ClN3O3S. The Hall–Kier alpha value is -3.00. The fourth-order valence-corrected chi connectivity index (χ4v) is 5.11. The highest BCUT2D eigenvalue weighted by atomic mass is 35.5. The molecular weight excluding hydrogens is 446 g/mol. The van der Waals surface area contributed by atoms with E-state index in [0.29, 0.717) is 27.4 Å². The van der Waals surface area contributed by atoms with Gasteiger partial charge in [0.05, 0.1) is 28.0 Å². The van der Waals surface area contributed by atoms with Gasteiger partial charge in [-0.25, -0.2) is 13.4 Å². The first-order valence-corrected chi connectivity index (χ1v) is 11.8. The predicted molar refractivity (Wildman–Crippen MR) is 127 cm³/mol. The third-order valence-corrected chi connectivity index (χ3v) is 7.34. The lowest BCUT2D eigenvalue weighted by Crippen LogP contribution is -2.32. The summed E-state index contributed by atoms with van der Waals surface area (Å²) in [7, 11) is -2.39. The highest BCUT2D eigenvalue weighted by Gasteiger charge is 2.24. The second kappa shape index (κ2) is 8.50. The lowest BCUT2D eigenvalue weighted by Gasteiger charge is -2.21. The molecule has 0 N–H and O–H groups in total.